The highest BCUT2D eigenvalue weighted by atomic mass is 16.7. The lowest BCUT2D eigenvalue weighted by atomic mass is 10.0. The van der Waals surface area contributed by atoms with Crippen LogP contribution in [-0.2, 0) is 4.84 Å². The molecule has 0 fully saturated rings. The van der Waals surface area contributed by atoms with Crippen molar-refractivity contribution in [3.05, 3.63) is 48.0 Å². The molecule has 2 atom stereocenters. The largest absolute Gasteiger partial charge is 0.290 e. The summed E-state index contributed by atoms with van der Waals surface area (Å²) in [6, 6.07) is 11.1. The highest BCUT2D eigenvalue weighted by Gasteiger charge is 2.23. The maximum atomic E-state index is 6.37. The highest BCUT2D eigenvalue weighted by molar-refractivity contribution is 5.17. The second-order valence-electron chi connectivity index (χ2n) is 5.54. The van der Waals surface area contributed by atoms with Crippen molar-refractivity contribution in [1.29, 1.82) is 0 Å². The van der Waals surface area contributed by atoms with E-state index in [-0.39, 0.29) is 6.10 Å². The maximum absolute atomic E-state index is 6.37. The van der Waals surface area contributed by atoms with E-state index in [0.717, 1.165) is 25.8 Å². The van der Waals surface area contributed by atoms with Crippen LogP contribution in [0.2, 0.25) is 0 Å². The molecule has 0 radical (unpaired) electrons. The van der Waals surface area contributed by atoms with Crippen LogP contribution in [0, 0.1) is 0 Å². The maximum Gasteiger partial charge on any atom is 0.104 e. The van der Waals surface area contributed by atoms with Crippen LogP contribution in [0.5, 0.6) is 0 Å². The van der Waals surface area contributed by atoms with Gasteiger partial charge in [-0.3, -0.25) is 4.84 Å². The predicted octanol–water partition coefficient (Wildman–Crippen LogP) is 4.89. The monoisotopic (exact) mass is 273 g/mol. The van der Waals surface area contributed by atoms with Crippen LogP contribution < -0.4 is 0 Å². The van der Waals surface area contributed by atoms with Gasteiger partial charge in [-0.05, 0) is 24.8 Å². The van der Waals surface area contributed by atoms with Gasteiger partial charge in [-0.2, -0.15) is 5.06 Å². The van der Waals surface area contributed by atoms with Crippen molar-refractivity contribution in [1.82, 2.24) is 5.06 Å². The van der Waals surface area contributed by atoms with Crippen LogP contribution in [-0.4, -0.2) is 17.6 Å². The lowest BCUT2D eigenvalue weighted by Crippen LogP contribution is -2.38. The summed E-state index contributed by atoms with van der Waals surface area (Å²) < 4.78 is 0. The standard InChI is InChI=1S/C18H27NO/c1-3-10-17-14-8-9-15-19(17)20-18(11-4-2)16-12-6-5-7-13-16/h5-9,12-13,17-18H,3-4,10-11,14-15H2,1-2H3/t17-,18+/m1/s1. The predicted molar refractivity (Wildman–Crippen MR) is 84.3 cm³/mol. The van der Waals surface area contributed by atoms with E-state index in [0.29, 0.717) is 6.04 Å². The molecule has 0 N–H and O–H groups in total. The number of hydrogen-bond acceptors (Lipinski definition) is 2. The zero-order chi connectivity index (χ0) is 14.2. The first-order valence-electron chi connectivity index (χ1n) is 7.98. The molecule has 2 rings (SSSR count). The quantitative estimate of drug-likeness (QED) is 0.656. The summed E-state index contributed by atoms with van der Waals surface area (Å²) in [5.74, 6) is 0. The van der Waals surface area contributed by atoms with Crippen LogP contribution in [0.3, 0.4) is 0 Å². The molecule has 0 unspecified atom stereocenters. The van der Waals surface area contributed by atoms with Gasteiger partial charge >= 0.3 is 0 Å². The van der Waals surface area contributed by atoms with Crippen molar-refractivity contribution >= 4 is 0 Å². The van der Waals surface area contributed by atoms with Crippen molar-refractivity contribution in [2.75, 3.05) is 6.54 Å². The average Bonchev–Trinajstić information content (AvgIpc) is 2.50. The molecule has 1 heterocycles. The first-order chi connectivity index (χ1) is 9.85. The van der Waals surface area contributed by atoms with E-state index < -0.39 is 0 Å². The number of rotatable bonds is 7. The molecule has 1 aromatic carbocycles. The van der Waals surface area contributed by atoms with Gasteiger partial charge in [0, 0.05) is 12.6 Å². The van der Waals surface area contributed by atoms with E-state index in [1.54, 1.807) is 0 Å². The molecule has 20 heavy (non-hydrogen) atoms. The van der Waals surface area contributed by atoms with E-state index in [4.69, 9.17) is 4.84 Å². The van der Waals surface area contributed by atoms with Crippen molar-refractivity contribution in [2.45, 2.75) is 58.1 Å². The second kappa shape index (κ2) is 8.23. The fourth-order valence-electron chi connectivity index (χ4n) is 2.80. The summed E-state index contributed by atoms with van der Waals surface area (Å²) in [6.45, 7) is 5.38. The van der Waals surface area contributed by atoms with Crippen molar-refractivity contribution in [3.63, 3.8) is 0 Å². The molecule has 0 spiro atoms. The molecule has 0 amide bonds. The summed E-state index contributed by atoms with van der Waals surface area (Å²) in [5, 5.41) is 2.21. The molecule has 110 valence electrons. The molecular formula is C18H27NO. The molecule has 1 aliphatic heterocycles. The van der Waals surface area contributed by atoms with Crippen molar-refractivity contribution in [2.24, 2.45) is 0 Å². The minimum atomic E-state index is 0.187. The lowest BCUT2D eigenvalue weighted by molar-refractivity contribution is -0.223. The Labute approximate surface area is 123 Å². The molecular weight excluding hydrogens is 246 g/mol. The third kappa shape index (κ3) is 4.19. The van der Waals surface area contributed by atoms with Gasteiger partial charge in [-0.15, -0.1) is 0 Å². The molecule has 0 saturated carbocycles. The number of hydrogen-bond donors (Lipinski definition) is 0. The van der Waals surface area contributed by atoms with E-state index in [1.807, 2.05) is 0 Å². The summed E-state index contributed by atoms with van der Waals surface area (Å²) in [6.07, 6.45) is 10.4. The SMILES string of the molecule is CCC[C@@H]1CC=CCN1O[C@@H](CCC)c1ccccc1. The molecule has 2 heteroatoms. The Bertz CT molecular complexity index is 401. The first kappa shape index (κ1) is 15.3. The second-order valence-corrected chi connectivity index (χ2v) is 5.54. The summed E-state index contributed by atoms with van der Waals surface area (Å²) >= 11 is 0. The topological polar surface area (TPSA) is 12.5 Å². The molecule has 0 saturated heterocycles. The van der Waals surface area contributed by atoms with Crippen LogP contribution in [0.1, 0.15) is 57.6 Å². The smallest absolute Gasteiger partial charge is 0.104 e. The Morgan fingerprint density at radius 1 is 1.15 bits per heavy atom. The lowest BCUT2D eigenvalue weighted by Gasteiger charge is -2.35. The molecule has 2 nitrogen and oxygen atoms in total. The van der Waals surface area contributed by atoms with Gasteiger partial charge in [0.15, 0.2) is 0 Å². The van der Waals surface area contributed by atoms with Crippen LogP contribution in [0.4, 0.5) is 0 Å². The van der Waals surface area contributed by atoms with E-state index in [2.05, 4.69) is 61.4 Å². The van der Waals surface area contributed by atoms with E-state index in [9.17, 15) is 0 Å². The van der Waals surface area contributed by atoms with Gasteiger partial charge in [0.05, 0.1) is 0 Å². The normalized spacial score (nSPS) is 21.0. The molecule has 0 bridgehead atoms. The zero-order valence-electron chi connectivity index (χ0n) is 12.8. The summed E-state index contributed by atoms with van der Waals surface area (Å²) in [7, 11) is 0. The van der Waals surface area contributed by atoms with Crippen molar-refractivity contribution in [3.8, 4) is 0 Å². The van der Waals surface area contributed by atoms with Crippen LogP contribution in [0.15, 0.2) is 42.5 Å². The van der Waals surface area contributed by atoms with Gasteiger partial charge in [-0.1, -0.05) is 69.2 Å². The highest BCUT2D eigenvalue weighted by Crippen LogP contribution is 2.27. The minimum absolute atomic E-state index is 0.187. The average molecular weight is 273 g/mol. The minimum Gasteiger partial charge on any atom is -0.290 e. The summed E-state index contributed by atoms with van der Waals surface area (Å²) in [4.78, 5) is 6.37. The molecule has 1 aliphatic rings. The first-order valence-corrected chi connectivity index (χ1v) is 7.98. The van der Waals surface area contributed by atoms with Gasteiger partial charge in [0.25, 0.3) is 0 Å². The van der Waals surface area contributed by atoms with E-state index in [1.165, 1.54) is 18.4 Å². The zero-order valence-corrected chi connectivity index (χ0v) is 12.8. The number of benzene rings is 1. The molecule has 0 aliphatic carbocycles. The Morgan fingerprint density at radius 3 is 2.65 bits per heavy atom. The number of nitrogens with zero attached hydrogens (tertiary/aromatic N) is 1. The van der Waals surface area contributed by atoms with Gasteiger partial charge in [-0.25, -0.2) is 0 Å². The summed E-state index contributed by atoms with van der Waals surface area (Å²) in [5.41, 5.74) is 1.29. The Hall–Kier alpha value is -1.12. The van der Waals surface area contributed by atoms with Crippen molar-refractivity contribution < 1.29 is 4.84 Å². The fourth-order valence-corrected chi connectivity index (χ4v) is 2.80. The van der Waals surface area contributed by atoms with E-state index >= 15 is 0 Å². The molecule has 0 aromatic heterocycles. The third-order valence-electron chi connectivity index (χ3n) is 3.87. The fraction of sp³-hybridized carbons (Fsp3) is 0.556. The Balaban J connectivity index is 2.05. The Kier molecular flexibility index (Phi) is 6.28. The van der Waals surface area contributed by atoms with Crippen LogP contribution in [0.25, 0.3) is 0 Å². The van der Waals surface area contributed by atoms with Gasteiger partial charge in [0.2, 0.25) is 0 Å². The Morgan fingerprint density at radius 2 is 1.95 bits per heavy atom. The van der Waals surface area contributed by atoms with Gasteiger partial charge < -0.3 is 0 Å². The third-order valence-corrected chi connectivity index (χ3v) is 3.87. The molecule has 1 aromatic rings. The number of hydroxylamine groups is 2. The van der Waals surface area contributed by atoms with Gasteiger partial charge in [0.1, 0.15) is 6.10 Å². The van der Waals surface area contributed by atoms with Crippen LogP contribution >= 0.6 is 0 Å².